The predicted molar refractivity (Wildman–Crippen MR) is 65.5 cm³/mol. The molecule has 0 aromatic rings. The minimum absolute atomic E-state index is 0.833. The summed E-state index contributed by atoms with van der Waals surface area (Å²) >= 11 is 1.66. The molecule has 1 aliphatic heterocycles. The van der Waals surface area contributed by atoms with Gasteiger partial charge in [-0.05, 0) is 11.3 Å². The first-order chi connectivity index (χ1) is 6.04. The van der Waals surface area contributed by atoms with Crippen molar-refractivity contribution < 1.29 is 0 Å². The summed E-state index contributed by atoms with van der Waals surface area (Å²) in [6.07, 6.45) is 1.99. The van der Waals surface area contributed by atoms with Gasteiger partial charge in [-0.1, -0.05) is 53.0 Å². The fourth-order valence-corrected chi connectivity index (χ4v) is 0.994. The number of hydrogen-bond donors (Lipinski definition) is 0. The average Bonchev–Trinajstić information content (AvgIpc) is 2.39. The Morgan fingerprint density at radius 3 is 1.77 bits per heavy atom. The van der Waals surface area contributed by atoms with Crippen LogP contribution in [0.1, 0.15) is 34.6 Å². The summed E-state index contributed by atoms with van der Waals surface area (Å²) in [6.45, 7) is 14.3. The molecule has 1 rings (SSSR count). The van der Waals surface area contributed by atoms with Crippen LogP contribution in [0.15, 0.2) is 23.2 Å². The van der Waals surface area contributed by atoms with E-state index in [2.05, 4.69) is 27.4 Å². The van der Waals surface area contributed by atoms with Crippen molar-refractivity contribution in [1.29, 1.82) is 0 Å². The molecule has 0 fully saturated rings. The van der Waals surface area contributed by atoms with Crippen molar-refractivity contribution in [2.75, 3.05) is 7.05 Å². The summed E-state index contributed by atoms with van der Waals surface area (Å²) < 4.78 is 0. The maximum atomic E-state index is 3.76. The van der Waals surface area contributed by atoms with E-state index >= 15 is 0 Å². The molecule has 0 aromatic carbocycles. The quantitative estimate of drug-likeness (QED) is 0.575. The molecule has 0 bridgehead atoms. The van der Waals surface area contributed by atoms with Crippen LogP contribution in [-0.4, -0.2) is 11.9 Å². The lowest BCUT2D eigenvalue weighted by Gasteiger charge is -2.05. The predicted octanol–water partition coefficient (Wildman–Crippen LogP) is 4.30. The van der Waals surface area contributed by atoms with E-state index in [9.17, 15) is 0 Å². The van der Waals surface area contributed by atoms with Gasteiger partial charge in [-0.2, -0.15) is 0 Å². The first-order valence-electron chi connectivity index (χ1n) is 4.79. The maximum Gasteiger partial charge on any atom is 0.0714 e. The van der Waals surface area contributed by atoms with Crippen molar-refractivity contribution in [2.45, 2.75) is 34.6 Å². The molecule has 78 valence electrons. The van der Waals surface area contributed by atoms with Crippen LogP contribution in [-0.2, 0) is 0 Å². The molecule has 0 saturated carbocycles. The van der Waals surface area contributed by atoms with Crippen molar-refractivity contribution in [3.05, 3.63) is 23.2 Å². The van der Waals surface area contributed by atoms with Gasteiger partial charge < -0.3 is 4.90 Å². The topological polar surface area (TPSA) is 3.24 Å². The van der Waals surface area contributed by atoms with Crippen LogP contribution < -0.4 is 0 Å². The molecule has 0 saturated heterocycles. The van der Waals surface area contributed by atoms with Gasteiger partial charge in [-0.3, -0.25) is 0 Å². The van der Waals surface area contributed by atoms with Gasteiger partial charge in [0.25, 0.3) is 0 Å². The Kier molecular flexibility index (Phi) is 11.3. The second-order valence-electron chi connectivity index (χ2n) is 3.14. The SMILES string of the molecule is C=C1SC=CN1C.CC.CC(C)C. The lowest BCUT2D eigenvalue weighted by atomic mass is 10.3. The first kappa shape index (κ1) is 15.1. The van der Waals surface area contributed by atoms with Crippen molar-refractivity contribution in [3.63, 3.8) is 0 Å². The Morgan fingerprint density at radius 2 is 1.69 bits per heavy atom. The van der Waals surface area contributed by atoms with Gasteiger partial charge in [0.1, 0.15) is 0 Å². The van der Waals surface area contributed by atoms with Gasteiger partial charge in [0.05, 0.1) is 5.03 Å². The summed E-state index contributed by atoms with van der Waals surface area (Å²) in [7, 11) is 1.98. The summed E-state index contributed by atoms with van der Waals surface area (Å²) in [4.78, 5) is 1.99. The van der Waals surface area contributed by atoms with Crippen LogP contribution >= 0.6 is 11.8 Å². The van der Waals surface area contributed by atoms with E-state index in [1.807, 2.05) is 37.4 Å². The van der Waals surface area contributed by atoms with Gasteiger partial charge in [0.15, 0.2) is 0 Å². The summed E-state index contributed by atoms with van der Waals surface area (Å²) in [5, 5.41) is 3.11. The lowest BCUT2D eigenvalue weighted by Crippen LogP contribution is -1.99. The molecule has 1 heterocycles. The van der Waals surface area contributed by atoms with Gasteiger partial charge in [-0.25, -0.2) is 0 Å². The van der Waals surface area contributed by atoms with Gasteiger partial charge in [-0.15, -0.1) is 0 Å². The third kappa shape index (κ3) is 11.6. The second-order valence-corrected chi connectivity index (χ2v) is 4.12. The summed E-state index contributed by atoms with van der Waals surface area (Å²) in [5.41, 5.74) is 0. The van der Waals surface area contributed by atoms with E-state index in [4.69, 9.17) is 0 Å². The molecule has 0 radical (unpaired) electrons. The average molecular weight is 201 g/mol. The molecule has 0 aromatic heterocycles. The molecule has 0 N–H and O–H groups in total. The molecule has 1 nitrogen and oxygen atoms in total. The van der Waals surface area contributed by atoms with Crippen molar-refractivity contribution in [2.24, 2.45) is 5.92 Å². The van der Waals surface area contributed by atoms with Gasteiger partial charge in [0.2, 0.25) is 0 Å². The highest BCUT2D eigenvalue weighted by Gasteiger charge is 2.01. The third-order valence-electron chi connectivity index (χ3n) is 0.882. The monoisotopic (exact) mass is 201 g/mol. The van der Waals surface area contributed by atoms with E-state index in [0.717, 1.165) is 10.9 Å². The third-order valence-corrected chi connectivity index (χ3v) is 1.70. The van der Waals surface area contributed by atoms with Crippen molar-refractivity contribution in [1.82, 2.24) is 4.90 Å². The van der Waals surface area contributed by atoms with Crippen LogP contribution in [0.2, 0.25) is 0 Å². The Balaban J connectivity index is 0. The minimum atomic E-state index is 0.833. The fourth-order valence-electron chi connectivity index (χ4n) is 0.367. The lowest BCUT2D eigenvalue weighted by molar-refractivity contribution is 0.622. The molecular weight excluding hydrogens is 178 g/mol. The largest absolute Gasteiger partial charge is 0.346 e. The van der Waals surface area contributed by atoms with E-state index in [0.29, 0.717) is 0 Å². The number of thioether (sulfide) groups is 1. The van der Waals surface area contributed by atoms with E-state index in [-0.39, 0.29) is 0 Å². The number of hydrogen-bond acceptors (Lipinski definition) is 2. The van der Waals surface area contributed by atoms with Crippen LogP contribution in [0, 0.1) is 5.92 Å². The molecular formula is C11H23NS. The Hall–Kier alpha value is -0.370. The van der Waals surface area contributed by atoms with Gasteiger partial charge in [0, 0.05) is 13.2 Å². The van der Waals surface area contributed by atoms with Crippen LogP contribution in [0.25, 0.3) is 0 Å². The number of nitrogens with zero attached hydrogens (tertiary/aromatic N) is 1. The fraction of sp³-hybridized carbons (Fsp3) is 0.636. The van der Waals surface area contributed by atoms with E-state index in [1.54, 1.807) is 11.8 Å². The standard InChI is InChI=1S/C5H7NS.C4H10.C2H6/c1-5-6(2)3-4-7-5;1-4(2)3;1-2/h3-4H,1H2,2H3;4H,1-3H3;1-2H3. The van der Waals surface area contributed by atoms with Crippen molar-refractivity contribution in [3.8, 4) is 0 Å². The van der Waals surface area contributed by atoms with E-state index < -0.39 is 0 Å². The zero-order valence-corrected chi connectivity index (χ0v) is 10.6. The Labute approximate surface area is 87.9 Å². The number of rotatable bonds is 0. The Bertz CT molecular complexity index is 147. The molecule has 0 unspecified atom stereocenters. The molecule has 0 aliphatic carbocycles. The van der Waals surface area contributed by atoms with E-state index in [1.165, 1.54) is 0 Å². The smallest absolute Gasteiger partial charge is 0.0714 e. The molecule has 2 heteroatoms. The zero-order valence-electron chi connectivity index (χ0n) is 9.79. The Morgan fingerprint density at radius 1 is 1.31 bits per heavy atom. The maximum absolute atomic E-state index is 3.76. The highest BCUT2D eigenvalue weighted by atomic mass is 32.2. The second kappa shape index (κ2) is 9.72. The summed E-state index contributed by atoms with van der Waals surface area (Å²) in [5.74, 6) is 0.833. The molecule has 13 heavy (non-hydrogen) atoms. The van der Waals surface area contributed by atoms with Crippen LogP contribution in [0.3, 0.4) is 0 Å². The highest BCUT2D eigenvalue weighted by molar-refractivity contribution is 8.05. The van der Waals surface area contributed by atoms with Gasteiger partial charge >= 0.3 is 0 Å². The van der Waals surface area contributed by atoms with Crippen LogP contribution in [0.4, 0.5) is 0 Å². The molecule has 0 atom stereocenters. The van der Waals surface area contributed by atoms with Crippen molar-refractivity contribution >= 4 is 11.8 Å². The first-order valence-corrected chi connectivity index (χ1v) is 5.67. The summed E-state index contributed by atoms with van der Waals surface area (Å²) in [6, 6.07) is 0. The molecule has 0 amide bonds. The minimum Gasteiger partial charge on any atom is -0.346 e. The molecule has 1 aliphatic rings. The zero-order chi connectivity index (χ0) is 10.9. The highest BCUT2D eigenvalue weighted by Crippen LogP contribution is 2.24. The van der Waals surface area contributed by atoms with Crippen LogP contribution in [0.5, 0.6) is 0 Å². The molecule has 0 spiro atoms. The normalized spacial score (nSPS) is 13.5.